The number of rotatable bonds is 2. The molecule has 1 aliphatic rings. The van der Waals surface area contributed by atoms with Crippen LogP contribution in [0.2, 0.25) is 0 Å². The average Bonchev–Trinajstić information content (AvgIpc) is 2.83. The van der Waals surface area contributed by atoms with E-state index in [1.54, 1.807) is 6.92 Å². The maximum Gasteiger partial charge on any atom is 0.326 e. The highest BCUT2D eigenvalue weighted by Crippen LogP contribution is 2.21. The number of hydrogen-bond donors (Lipinski definition) is 2. The number of aryl methyl sites for hydroxylation is 1. The molecule has 2 rings (SSSR count). The Balaban J connectivity index is 2.21. The first-order chi connectivity index (χ1) is 7.99. The highest BCUT2D eigenvalue weighted by molar-refractivity contribution is 5.94. The summed E-state index contributed by atoms with van der Waals surface area (Å²) in [6.07, 6.45) is -0.780. The Hall–Kier alpha value is -1.89. The lowest BCUT2D eigenvalue weighted by Gasteiger charge is -2.19. The lowest BCUT2D eigenvalue weighted by molar-refractivity contribution is -0.141. The molecule has 1 saturated heterocycles. The van der Waals surface area contributed by atoms with Crippen molar-refractivity contribution >= 4 is 11.9 Å². The van der Waals surface area contributed by atoms with E-state index < -0.39 is 24.0 Å². The van der Waals surface area contributed by atoms with Crippen molar-refractivity contribution in [3.63, 3.8) is 0 Å². The Morgan fingerprint density at radius 2 is 2.29 bits per heavy atom. The zero-order valence-corrected chi connectivity index (χ0v) is 9.16. The second-order valence-electron chi connectivity index (χ2n) is 4.03. The minimum absolute atomic E-state index is 0.00442. The molecule has 0 bridgehead atoms. The summed E-state index contributed by atoms with van der Waals surface area (Å²) in [7, 11) is 0. The molecule has 7 heteroatoms. The van der Waals surface area contributed by atoms with Crippen LogP contribution in [-0.4, -0.2) is 50.8 Å². The first-order valence-electron chi connectivity index (χ1n) is 5.14. The van der Waals surface area contributed by atoms with Gasteiger partial charge in [0.15, 0.2) is 0 Å². The molecule has 1 amide bonds. The van der Waals surface area contributed by atoms with Gasteiger partial charge in [-0.05, 0) is 6.92 Å². The Labute approximate surface area is 96.6 Å². The number of carboxylic acid groups (broad SMARTS) is 1. The van der Waals surface area contributed by atoms with Crippen LogP contribution in [0.15, 0.2) is 10.6 Å². The average molecular weight is 240 g/mol. The van der Waals surface area contributed by atoms with Gasteiger partial charge in [-0.15, -0.1) is 0 Å². The molecule has 92 valence electrons. The quantitative estimate of drug-likeness (QED) is 0.731. The van der Waals surface area contributed by atoms with E-state index >= 15 is 0 Å². The monoisotopic (exact) mass is 240 g/mol. The standard InChI is InChI=1S/C10H12N2O5/c1-5-2-8(17-11-5)9(14)12-4-6(13)3-7(12)10(15)16/h2,6-7,13H,3-4H2,1H3,(H,15,16)/t6-,7-/m1/s1. The molecule has 0 spiro atoms. The number of aliphatic hydroxyl groups is 1. The molecule has 1 fully saturated rings. The predicted molar refractivity (Wildman–Crippen MR) is 54.3 cm³/mol. The molecule has 1 aliphatic heterocycles. The Morgan fingerprint density at radius 1 is 1.59 bits per heavy atom. The number of aromatic nitrogens is 1. The number of β-amino-alcohol motifs (C(OH)–C–C–N with tert-alkyl or cyclic N) is 1. The molecule has 2 N–H and O–H groups in total. The van der Waals surface area contributed by atoms with E-state index in [4.69, 9.17) is 9.63 Å². The van der Waals surface area contributed by atoms with Gasteiger partial charge in [-0.2, -0.15) is 0 Å². The minimum Gasteiger partial charge on any atom is -0.480 e. The SMILES string of the molecule is Cc1cc(C(=O)N2C[C@H](O)C[C@@H]2C(=O)O)on1. The van der Waals surface area contributed by atoms with Gasteiger partial charge in [0.05, 0.1) is 11.8 Å². The van der Waals surface area contributed by atoms with Crippen LogP contribution < -0.4 is 0 Å². The maximum absolute atomic E-state index is 11.9. The topological polar surface area (TPSA) is 104 Å². The molecular weight excluding hydrogens is 228 g/mol. The first-order valence-corrected chi connectivity index (χ1v) is 5.14. The van der Waals surface area contributed by atoms with Crippen molar-refractivity contribution in [2.24, 2.45) is 0 Å². The van der Waals surface area contributed by atoms with Crippen LogP contribution in [0, 0.1) is 6.92 Å². The van der Waals surface area contributed by atoms with E-state index in [0.717, 1.165) is 4.90 Å². The van der Waals surface area contributed by atoms with E-state index in [0.29, 0.717) is 5.69 Å². The number of aliphatic hydroxyl groups excluding tert-OH is 1. The number of likely N-dealkylation sites (tertiary alicyclic amines) is 1. The van der Waals surface area contributed by atoms with Crippen molar-refractivity contribution in [1.29, 1.82) is 0 Å². The molecule has 0 saturated carbocycles. The Morgan fingerprint density at radius 3 is 2.82 bits per heavy atom. The van der Waals surface area contributed by atoms with Crippen LogP contribution in [0.4, 0.5) is 0 Å². The summed E-state index contributed by atoms with van der Waals surface area (Å²) in [5.74, 6) is -1.71. The van der Waals surface area contributed by atoms with E-state index in [9.17, 15) is 14.7 Å². The molecule has 2 atom stereocenters. The number of aliphatic carboxylic acids is 1. The van der Waals surface area contributed by atoms with Crippen molar-refractivity contribution in [3.8, 4) is 0 Å². The summed E-state index contributed by atoms with van der Waals surface area (Å²) in [5.41, 5.74) is 0.542. The molecule has 17 heavy (non-hydrogen) atoms. The van der Waals surface area contributed by atoms with Gasteiger partial charge in [-0.25, -0.2) is 4.79 Å². The second kappa shape index (κ2) is 4.17. The van der Waals surface area contributed by atoms with Crippen LogP contribution in [0.5, 0.6) is 0 Å². The summed E-state index contributed by atoms with van der Waals surface area (Å²) >= 11 is 0. The molecule has 1 aromatic rings. The highest BCUT2D eigenvalue weighted by Gasteiger charge is 2.40. The van der Waals surface area contributed by atoms with Gasteiger partial charge < -0.3 is 19.6 Å². The van der Waals surface area contributed by atoms with Gasteiger partial charge in [0.25, 0.3) is 5.91 Å². The van der Waals surface area contributed by atoms with Crippen molar-refractivity contribution in [2.45, 2.75) is 25.5 Å². The summed E-state index contributed by atoms with van der Waals surface area (Å²) in [6.45, 7) is 1.66. The number of carbonyl (C=O) groups is 2. The smallest absolute Gasteiger partial charge is 0.326 e. The van der Waals surface area contributed by atoms with Crippen LogP contribution in [0.1, 0.15) is 22.7 Å². The van der Waals surface area contributed by atoms with E-state index in [1.165, 1.54) is 6.07 Å². The third kappa shape index (κ3) is 2.14. The van der Waals surface area contributed by atoms with Crippen molar-refractivity contribution in [3.05, 3.63) is 17.5 Å². The normalized spacial score (nSPS) is 24.0. The summed E-state index contributed by atoms with van der Waals surface area (Å²) < 4.78 is 4.79. The van der Waals surface area contributed by atoms with Gasteiger partial charge in [-0.3, -0.25) is 4.79 Å². The van der Waals surface area contributed by atoms with Crippen LogP contribution in [-0.2, 0) is 4.79 Å². The van der Waals surface area contributed by atoms with Gasteiger partial charge in [0.1, 0.15) is 6.04 Å². The summed E-state index contributed by atoms with van der Waals surface area (Å²) in [5, 5.41) is 21.9. The minimum atomic E-state index is -1.13. The van der Waals surface area contributed by atoms with Crippen molar-refractivity contribution in [2.75, 3.05) is 6.54 Å². The number of nitrogens with zero attached hydrogens (tertiary/aromatic N) is 2. The molecule has 7 nitrogen and oxygen atoms in total. The largest absolute Gasteiger partial charge is 0.480 e. The molecule has 0 aliphatic carbocycles. The number of carbonyl (C=O) groups excluding carboxylic acids is 1. The van der Waals surface area contributed by atoms with E-state index in [-0.39, 0.29) is 18.7 Å². The van der Waals surface area contributed by atoms with Crippen LogP contribution in [0.3, 0.4) is 0 Å². The van der Waals surface area contributed by atoms with Crippen molar-refractivity contribution in [1.82, 2.24) is 10.1 Å². The molecule has 0 radical (unpaired) electrons. The summed E-state index contributed by atoms with van der Waals surface area (Å²) in [4.78, 5) is 24.0. The lowest BCUT2D eigenvalue weighted by atomic mass is 10.2. The molecule has 0 unspecified atom stereocenters. The fourth-order valence-corrected chi connectivity index (χ4v) is 1.88. The predicted octanol–water partition coefficient (Wildman–Crippen LogP) is -0.357. The van der Waals surface area contributed by atoms with Crippen LogP contribution >= 0.6 is 0 Å². The maximum atomic E-state index is 11.9. The first kappa shape index (κ1) is 11.6. The zero-order chi connectivity index (χ0) is 12.6. The fraction of sp³-hybridized carbons (Fsp3) is 0.500. The number of hydrogen-bond acceptors (Lipinski definition) is 5. The van der Waals surface area contributed by atoms with Crippen molar-refractivity contribution < 1.29 is 24.3 Å². The second-order valence-corrected chi connectivity index (χ2v) is 4.03. The highest BCUT2D eigenvalue weighted by atomic mass is 16.5. The third-order valence-electron chi connectivity index (χ3n) is 2.66. The van der Waals surface area contributed by atoms with E-state index in [2.05, 4.69) is 5.16 Å². The zero-order valence-electron chi connectivity index (χ0n) is 9.16. The molecule has 1 aromatic heterocycles. The third-order valence-corrected chi connectivity index (χ3v) is 2.66. The van der Waals surface area contributed by atoms with Gasteiger partial charge in [0.2, 0.25) is 5.76 Å². The van der Waals surface area contributed by atoms with E-state index in [1.807, 2.05) is 0 Å². The Kier molecular flexibility index (Phi) is 2.84. The molecule has 2 heterocycles. The van der Waals surface area contributed by atoms with Gasteiger partial charge >= 0.3 is 5.97 Å². The lowest BCUT2D eigenvalue weighted by Crippen LogP contribution is -2.40. The molecule has 0 aromatic carbocycles. The number of carboxylic acids is 1. The van der Waals surface area contributed by atoms with Gasteiger partial charge in [-0.1, -0.05) is 5.16 Å². The van der Waals surface area contributed by atoms with Gasteiger partial charge in [0, 0.05) is 19.0 Å². The van der Waals surface area contributed by atoms with Crippen LogP contribution in [0.25, 0.3) is 0 Å². The number of amides is 1. The summed E-state index contributed by atoms with van der Waals surface area (Å²) in [6, 6.07) is 0.425. The fourth-order valence-electron chi connectivity index (χ4n) is 1.88. The molecular formula is C10H12N2O5. The Bertz CT molecular complexity index is 455.